The van der Waals surface area contributed by atoms with Crippen LogP contribution < -0.4 is 0 Å². The van der Waals surface area contributed by atoms with Crippen LogP contribution in [0.3, 0.4) is 0 Å². The number of nitrogens with zero attached hydrogens (tertiary/aromatic N) is 1. The van der Waals surface area contributed by atoms with Gasteiger partial charge in [-0.2, -0.15) is 5.26 Å². The van der Waals surface area contributed by atoms with E-state index < -0.39 is 10.8 Å². The molecular formula is C13H23NOS. The molecule has 1 saturated carbocycles. The third kappa shape index (κ3) is 3.31. The van der Waals surface area contributed by atoms with E-state index in [1.54, 1.807) is 0 Å². The van der Waals surface area contributed by atoms with Crippen molar-refractivity contribution in [3.8, 4) is 6.07 Å². The molecule has 0 bridgehead atoms. The van der Waals surface area contributed by atoms with Gasteiger partial charge in [0, 0.05) is 16.0 Å². The standard InChI is InChI=1S/C13H23NOS/c1-10(2)11(3)16(15)13-8-6-4-5-7-12(13)9-14/h10-13H,4-8H2,1-3H3. The molecule has 1 aliphatic rings. The van der Waals surface area contributed by atoms with E-state index in [-0.39, 0.29) is 16.4 Å². The first-order valence-electron chi connectivity index (χ1n) is 6.37. The molecule has 0 aliphatic heterocycles. The van der Waals surface area contributed by atoms with Crippen LogP contribution in [0.25, 0.3) is 0 Å². The topological polar surface area (TPSA) is 40.9 Å². The van der Waals surface area contributed by atoms with Gasteiger partial charge in [-0.3, -0.25) is 4.21 Å². The highest BCUT2D eigenvalue weighted by molar-refractivity contribution is 7.86. The summed E-state index contributed by atoms with van der Waals surface area (Å²) in [6, 6.07) is 2.38. The van der Waals surface area contributed by atoms with Crippen LogP contribution in [0, 0.1) is 23.2 Å². The molecule has 3 heteroatoms. The van der Waals surface area contributed by atoms with Gasteiger partial charge in [-0.25, -0.2) is 0 Å². The van der Waals surface area contributed by atoms with E-state index in [2.05, 4.69) is 26.8 Å². The quantitative estimate of drug-likeness (QED) is 0.712. The van der Waals surface area contributed by atoms with Crippen molar-refractivity contribution in [2.45, 2.75) is 63.4 Å². The fourth-order valence-corrected chi connectivity index (χ4v) is 4.25. The summed E-state index contributed by atoms with van der Waals surface area (Å²) in [6.45, 7) is 6.28. The lowest BCUT2D eigenvalue weighted by atomic mass is 10.0. The van der Waals surface area contributed by atoms with Gasteiger partial charge in [0.1, 0.15) is 0 Å². The monoisotopic (exact) mass is 241 g/mol. The third-order valence-electron chi connectivity index (χ3n) is 3.72. The van der Waals surface area contributed by atoms with Crippen molar-refractivity contribution in [3.05, 3.63) is 0 Å². The van der Waals surface area contributed by atoms with Crippen LogP contribution in [0.4, 0.5) is 0 Å². The molecule has 16 heavy (non-hydrogen) atoms. The van der Waals surface area contributed by atoms with E-state index in [0.29, 0.717) is 5.92 Å². The largest absolute Gasteiger partial charge is 0.259 e. The van der Waals surface area contributed by atoms with Gasteiger partial charge in [0.05, 0.1) is 17.2 Å². The maximum atomic E-state index is 12.4. The molecular weight excluding hydrogens is 218 g/mol. The molecule has 0 radical (unpaired) electrons. The minimum Gasteiger partial charge on any atom is -0.259 e. The molecule has 4 atom stereocenters. The van der Waals surface area contributed by atoms with Gasteiger partial charge in [0.25, 0.3) is 0 Å². The van der Waals surface area contributed by atoms with Gasteiger partial charge >= 0.3 is 0 Å². The zero-order valence-corrected chi connectivity index (χ0v) is 11.4. The third-order valence-corrected chi connectivity index (χ3v) is 6.16. The summed E-state index contributed by atoms with van der Waals surface area (Å²) in [7, 11) is -0.845. The van der Waals surface area contributed by atoms with Crippen molar-refractivity contribution >= 4 is 10.8 Å². The normalized spacial score (nSPS) is 30.4. The molecule has 92 valence electrons. The zero-order valence-electron chi connectivity index (χ0n) is 10.6. The molecule has 1 rings (SSSR count). The van der Waals surface area contributed by atoms with Crippen LogP contribution in [-0.4, -0.2) is 14.7 Å². The molecule has 0 amide bonds. The second kappa shape index (κ2) is 6.39. The fraction of sp³-hybridized carbons (Fsp3) is 0.923. The highest BCUT2D eigenvalue weighted by Crippen LogP contribution is 2.29. The Kier molecular flexibility index (Phi) is 5.48. The molecule has 0 aromatic heterocycles. The summed E-state index contributed by atoms with van der Waals surface area (Å²) in [4.78, 5) is 0. The summed E-state index contributed by atoms with van der Waals surface area (Å²) in [5, 5.41) is 9.49. The molecule has 0 saturated heterocycles. The predicted molar refractivity (Wildman–Crippen MR) is 68.4 cm³/mol. The molecule has 0 spiro atoms. The van der Waals surface area contributed by atoms with Gasteiger partial charge < -0.3 is 0 Å². The second-order valence-corrected chi connectivity index (χ2v) is 7.20. The Morgan fingerprint density at radius 2 is 1.81 bits per heavy atom. The Morgan fingerprint density at radius 1 is 1.19 bits per heavy atom. The lowest BCUT2D eigenvalue weighted by molar-refractivity contribution is 0.543. The van der Waals surface area contributed by atoms with E-state index in [1.807, 2.05) is 0 Å². The van der Waals surface area contributed by atoms with Gasteiger partial charge in [-0.1, -0.05) is 40.0 Å². The lowest BCUT2D eigenvalue weighted by Crippen LogP contribution is -2.32. The SMILES string of the molecule is CC(C)C(C)S(=O)C1CCCCCC1C#N. The van der Waals surface area contributed by atoms with Crippen LogP contribution >= 0.6 is 0 Å². The number of nitriles is 1. The molecule has 1 aliphatic carbocycles. The van der Waals surface area contributed by atoms with E-state index in [0.717, 1.165) is 25.7 Å². The average molecular weight is 241 g/mol. The smallest absolute Gasteiger partial charge is 0.0668 e. The van der Waals surface area contributed by atoms with Crippen molar-refractivity contribution in [1.82, 2.24) is 0 Å². The Hall–Kier alpha value is -0.360. The Balaban J connectivity index is 2.74. The molecule has 0 heterocycles. The first kappa shape index (κ1) is 13.7. The summed E-state index contributed by atoms with van der Waals surface area (Å²) in [5.41, 5.74) is 0. The summed E-state index contributed by atoms with van der Waals surface area (Å²) in [6.07, 6.45) is 5.38. The second-order valence-electron chi connectivity index (χ2n) is 5.19. The van der Waals surface area contributed by atoms with Crippen LogP contribution in [0.1, 0.15) is 52.9 Å². The highest BCUT2D eigenvalue weighted by atomic mass is 32.2. The fourth-order valence-electron chi connectivity index (χ4n) is 2.24. The minimum absolute atomic E-state index is 0.0181. The molecule has 4 unspecified atom stereocenters. The van der Waals surface area contributed by atoms with Crippen LogP contribution in [-0.2, 0) is 10.8 Å². The molecule has 1 fully saturated rings. The maximum Gasteiger partial charge on any atom is 0.0668 e. The minimum atomic E-state index is -0.845. The predicted octanol–water partition coefficient (Wildman–Crippen LogP) is 3.25. The van der Waals surface area contributed by atoms with Gasteiger partial charge in [-0.05, 0) is 18.8 Å². The van der Waals surface area contributed by atoms with E-state index in [1.165, 1.54) is 6.42 Å². The van der Waals surface area contributed by atoms with Gasteiger partial charge in [-0.15, -0.1) is 0 Å². The number of rotatable bonds is 3. The number of hydrogen-bond donors (Lipinski definition) is 0. The van der Waals surface area contributed by atoms with Gasteiger partial charge in [0.15, 0.2) is 0 Å². The maximum absolute atomic E-state index is 12.4. The van der Waals surface area contributed by atoms with Crippen LogP contribution in [0.15, 0.2) is 0 Å². The first-order chi connectivity index (χ1) is 7.57. The number of hydrogen-bond acceptors (Lipinski definition) is 2. The Bertz CT molecular complexity index is 282. The Morgan fingerprint density at radius 3 is 2.38 bits per heavy atom. The van der Waals surface area contributed by atoms with E-state index >= 15 is 0 Å². The van der Waals surface area contributed by atoms with E-state index in [9.17, 15) is 9.47 Å². The summed E-state index contributed by atoms with van der Waals surface area (Å²) in [5.74, 6) is 0.452. The van der Waals surface area contributed by atoms with Crippen molar-refractivity contribution in [2.75, 3.05) is 0 Å². The van der Waals surface area contributed by atoms with Gasteiger partial charge in [0.2, 0.25) is 0 Å². The van der Waals surface area contributed by atoms with Crippen molar-refractivity contribution in [1.29, 1.82) is 5.26 Å². The molecule has 0 aromatic carbocycles. The Labute approximate surface area is 102 Å². The average Bonchev–Trinajstić information content (AvgIpc) is 2.51. The van der Waals surface area contributed by atoms with E-state index in [4.69, 9.17) is 0 Å². The lowest BCUT2D eigenvalue weighted by Gasteiger charge is -2.24. The van der Waals surface area contributed by atoms with Crippen molar-refractivity contribution in [2.24, 2.45) is 11.8 Å². The molecule has 0 N–H and O–H groups in total. The first-order valence-corrected chi connectivity index (χ1v) is 7.64. The van der Waals surface area contributed by atoms with Crippen LogP contribution in [0.2, 0.25) is 0 Å². The molecule has 2 nitrogen and oxygen atoms in total. The highest BCUT2D eigenvalue weighted by Gasteiger charge is 2.32. The van der Waals surface area contributed by atoms with Crippen molar-refractivity contribution < 1.29 is 4.21 Å². The van der Waals surface area contributed by atoms with Crippen LogP contribution in [0.5, 0.6) is 0 Å². The zero-order chi connectivity index (χ0) is 12.1. The van der Waals surface area contributed by atoms with Crippen molar-refractivity contribution in [3.63, 3.8) is 0 Å². The molecule has 0 aromatic rings. The summed E-state index contributed by atoms with van der Waals surface area (Å²) >= 11 is 0. The summed E-state index contributed by atoms with van der Waals surface area (Å²) < 4.78 is 12.4.